The van der Waals surface area contributed by atoms with Crippen molar-refractivity contribution in [1.29, 1.82) is 0 Å². The fraction of sp³-hybridized carbons (Fsp3) is 0.900. The number of carbonyl (C=O) groups is 1. The fourth-order valence-electron chi connectivity index (χ4n) is 1.51. The average molecular weight is 201 g/mol. The van der Waals surface area contributed by atoms with Gasteiger partial charge < -0.3 is 14.7 Å². The van der Waals surface area contributed by atoms with Crippen LogP contribution in [0.4, 0.5) is 0 Å². The number of hydrogen-bond acceptors (Lipinski definition) is 3. The van der Waals surface area contributed by atoms with Crippen molar-refractivity contribution in [3.05, 3.63) is 0 Å². The third-order valence-electron chi connectivity index (χ3n) is 2.52. The Morgan fingerprint density at radius 3 is 3.07 bits per heavy atom. The lowest BCUT2D eigenvalue weighted by Gasteiger charge is -2.26. The molecule has 0 saturated carbocycles. The summed E-state index contributed by atoms with van der Waals surface area (Å²) in [6, 6.07) is 0. The van der Waals surface area contributed by atoms with Gasteiger partial charge in [0.25, 0.3) is 0 Å². The number of hydrogen-bond donors (Lipinski definition) is 1. The summed E-state index contributed by atoms with van der Waals surface area (Å²) in [5.41, 5.74) is 0. The fourth-order valence-corrected chi connectivity index (χ4v) is 1.51. The smallest absolute Gasteiger partial charge is 0.248 e. The minimum Gasteiger partial charge on any atom is -0.393 e. The third kappa shape index (κ3) is 3.64. The van der Waals surface area contributed by atoms with Crippen molar-refractivity contribution in [3.8, 4) is 0 Å². The number of aliphatic hydroxyl groups is 1. The van der Waals surface area contributed by atoms with E-state index in [1.807, 2.05) is 11.8 Å². The summed E-state index contributed by atoms with van der Waals surface area (Å²) in [5, 5.41) is 9.33. The summed E-state index contributed by atoms with van der Waals surface area (Å²) in [6.45, 7) is 4.27. The van der Waals surface area contributed by atoms with Crippen molar-refractivity contribution in [2.45, 2.75) is 32.3 Å². The molecule has 1 amide bonds. The van der Waals surface area contributed by atoms with Gasteiger partial charge in [-0.2, -0.15) is 0 Å². The van der Waals surface area contributed by atoms with Crippen molar-refractivity contribution in [1.82, 2.24) is 4.90 Å². The van der Waals surface area contributed by atoms with Gasteiger partial charge >= 0.3 is 0 Å². The van der Waals surface area contributed by atoms with Crippen LogP contribution in [0, 0.1) is 0 Å². The molecule has 0 aromatic carbocycles. The van der Waals surface area contributed by atoms with Crippen molar-refractivity contribution in [2.75, 3.05) is 26.3 Å². The molecule has 1 aliphatic heterocycles. The Labute approximate surface area is 84.8 Å². The van der Waals surface area contributed by atoms with E-state index >= 15 is 0 Å². The highest BCUT2D eigenvalue weighted by Gasteiger charge is 2.17. The van der Waals surface area contributed by atoms with Gasteiger partial charge in [0, 0.05) is 13.1 Å². The van der Waals surface area contributed by atoms with Gasteiger partial charge in [-0.3, -0.25) is 4.79 Å². The molecule has 1 heterocycles. The molecule has 82 valence electrons. The van der Waals surface area contributed by atoms with E-state index in [9.17, 15) is 9.90 Å². The summed E-state index contributed by atoms with van der Waals surface area (Å²) in [5.74, 6) is 0.0715. The zero-order valence-corrected chi connectivity index (χ0v) is 8.74. The molecule has 0 aromatic heterocycles. The molecule has 1 aliphatic rings. The predicted molar refractivity (Wildman–Crippen MR) is 52.9 cm³/mol. The van der Waals surface area contributed by atoms with Crippen LogP contribution in [0.3, 0.4) is 0 Å². The second-order valence-corrected chi connectivity index (χ2v) is 3.64. The van der Waals surface area contributed by atoms with E-state index in [0.717, 1.165) is 25.8 Å². The van der Waals surface area contributed by atoms with Crippen LogP contribution < -0.4 is 0 Å². The summed E-state index contributed by atoms with van der Waals surface area (Å²) < 4.78 is 5.02. The lowest BCUT2D eigenvalue weighted by atomic mass is 10.1. The minimum absolute atomic E-state index is 0.0715. The molecule has 1 unspecified atom stereocenters. The molecule has 0 bridgehead atoms. The van der Waals surface area contributed by atoms with E-state index in [4.69, 9.17) is 4.74 Å². The molecule has 0 aliphatic carbocycles. The molecule has 4 nitrogen and oxygen atoms in total. The molecule has 1 N–H and O–H groups in total. The summed E-state index contributed by atoms with van der Waals surface area (Å²) in [4.78, 5) is 13.1. The number of ether oxygens (including phenoxy) is 1. The molecule has 4 heteroatoms. The highest BCUT2D eigenvalue weighted by molar-refractivity contribution is 5.77. The lowest BCUT2D eigenvalue weighted by Crippen LogP contribution is -2.42. The van der Waals surface area contributed by atoms with Crippen LogP contribution >= 0.6 is 0 Å². The Hall–Kier alpha value is -0.610. The van der Waals surface area contributed by atoms with Gasteiger partial charge in [-0.15, -0.1) is 0 Å². The first-order valence-electron chi connectivity index (χ1n) is 5.27. The number of rotatable bonds is 5. The number of nitrogens with zero attached hydrogens (tertiary/aromatic N) is 1. The quantitative estimate of drug-likeness (QED) is 0.700. The maximum atomic E-state index is 11.3. The van der Waals surface area contributed by atoms with Crippen molar-refractivity contribution >= 4 is 5.91 Å². The normalized spacial score (nSPS) is 19.9. The van der Waals surface area contributed by atoms with Gasteiger partial charge in [0.1, 0.15) is 6.61 Å². The third-order valence-corrected chi connectivity index (χ3v) is 2.52. The van der Waals surface area contributed by atoms with E-state index < -0.39 is 0 Å². The van der Waals surface area contributed by atoms with Gasteiger partial charge in [0.2, 0.25) is 5.91 Å². The first kappa shape index (κ1) is 11.5. The summed E-state index contributed by atoms with van der Waals surface area (Å²) >= 11 is 0. The molecule has 1 atom stereocenters. The Morgan fingerprint density at radius 2 is 2.43 bits per heavy atom. The van der Waals surface area contributed by atoms with Gasteiger partial charge in [-0.1, -0.05) is 6.92 Å². The molecule has 0 radical (unpaired) electrons. The lowest BCUT2D eigenvalue weighted by molar-refractivity contribution is -0.142. The molecule has 14 heavy (non-hydrogen) atoms. The van der Waals surface area contributed by atoms with Gasteiger partial charge in [-0.25, -0.2) is 0 Å². The van der Waals surface area contributed by atoms with Crippen LogP contribution in [0.2, 0.25) is 0 Å². The Balaban J connectivity index is 2.13. The van der Waals surface area contributed by atoms with Crippen molar-refractivity contribution < 1.29 is 14.6 Å². The molecule has 0 spiro atoms. The van der Waals surface area contributed by atoms with Crippen LogP contribution in [-0.2, 0) is 9.53 Å². The maximum absolute atomic E-state index is 11.3. The largest absolute Gasteiger partial charge is 0.393 e. The first-order valence-corrected chi connectivity index (χ1v) is 5.27. The van der Waals surface area contributed by atoms with Gasteiger partial charge in [0.05, 0.1) is 12.7 Å². The highest BCUT2D eigenvalue weighted by Crippen LogP contribution is 2.05. The number of carbonyl (C=O) groups excluding carboxylic acids is 1. The van der Waals surface area contributed by atoms with Crippen molar-refractivity contribution in [3.63, 3.8) is 0 Å². The predicted octanol–water partition coefficient (Wildman–Crippen LogP) is 0.396. The number of morpholine rings is 1. The zero-order chi connectivity index (χ0) is 10.4. The number of aliphatic hydroxyl groups excluding tert-OH is 1. The Bertz CT molecular complexity index is 184. The standard InChI is InChI=1S/C10H19NO3/c1-2-9(12)4-3-5-11-6-7-14-8-10(11)13/h9,12H,2-8H2,1H3. The summed E-state index contributed by atoms with van der Waals surface area (Å²) in [7, 11) is 0. The summed E-state index contributed by atoms with van der Waals surface area (Å²) in [6.07, 6.45) is 2.23. The molecule has 1 saturated heterocycles. The van der Waals surface area contributed by atoms with Crippen LogP contribution in [0.1, 0.15) is 26.2 Å². The Morgan fingerprint density at radius 1 is 1.64 bits per heavy atom. The molecule has 0 aromatic rings. The van der Waals surface area contributed by atoms with Crippen LogP contribution in [0.5, 0.6) is 0 Å². The van der Waals surface area contributed by atoms with Crippen LogP contribution in [-0.4, -0.2) is 48.3 Å². The highest BCUT2D eigenvalue weighted by atomic mass is 16.5. The van der Waals surface area contributed by atoms with Crippen LogP contribution in [0.25, 0.3) is 0 Å². The van der Waals surface area contributed by atoms with E-state index in [1.54, 1.807) is 0 Å². The minimum atomic E-state index is -0.217. The first-order chi connectivity index (χ1) is 6.74. The van der Waals surface area contributed by atoms with E-state index in [2.05, 4.69) is 0 Å². The molecule has 1 rings (SSSR count). The molecular weight excluding hydrogens is 182 g/mol. The van der Waals surface area contributed by atoms with Crippen molar-refractivity contribution in [2.24, 2.45) is 0 Å². The Kier molecular flexibility index (Phi) is 4.90. The number of amides is 1. The van der Waals surface area contributed by atoms with Gasteiger partial charge in [0.15, 0.2) is 0 Å². The maximum Gasteiger partial charge on any atom is 0.248 e. The van der Waals surface area contributed by atoms with E-state index in [0.29, 0.717) is 13.2 Å². The molecular formula is C10H19NO3. The average Bonchev–Trinajstić information content (AvgIpc) is 2.20. The second-order valence-electron chi connectivity index (χ2n) is 3.64. The topological polar surface area (TPSA) is 49.8 Å². The van der Waals surface area contributed by atoms with Crippen LogP contribution in [0.15, 0.2) is 0 Å². The SMILES string of the molecule is CCC(O)CCCN1CCOCC1=O. The zero-order valence-electron chi connectivity index (χ0n) is 8.74. The monoisotopic (exact) mass is 201 g/mol. The van der Waals surface area contributed by atoms with E-state index in [1.165, 1.54) is 0 Å². The molecule has 1 fully saturated rings. The van der Waals surface area contributed by atoms with E-state index in [-0.39, 0.29) is 18.6 Å². The van der Waals surface area contributed by atoms with Gasteiger partial charge in [-0.05, 0) is 19.3 Å². The second kappa shape index (κ2) is 5.98.